The first-order chi connectivity index (χ1) is 13.1. The van der Waals surface area contributed by atoms with Crippen LogP contribution in [0.15, 0.2) is 48.5 Å². The molecular weight excluding hydrogens is 338 g/mol. The van der Waals surface area contributed by atoms with Crippen molar-refractivity contribution >= 4 is 11.7 Å². The molecule has 1 N–H and O–H groups in total. The summed E-state index contributed by atoms with van der Waals surface area (Å²) in [6, 6.07) is 15.8. The van der Waals surface area contributed by atoms with E-state index in [2.05, 4.69) is 17.3 Å². The average molecular weight is 367 g/mol. The van der Waals surface area contributed by atoms with Crippen LogP contribution >= 0.6 is 0 Å². The molecule has 1 saturated heterocycles. The minimum absolute atomic E-state index is 0.0326. The number of urea groups is 1. The Bertz CT molecular complexity index is 778. The predicted octanol–water partition coefficient (Wildman–Crippen LogP) is 4.17. The Kier molecular flexibility index (Phi) is 6.35. The van der Waals surface area contributed by atoms with Crippen LogP contribution in [0.3, 0.4) is 0 Å². The first kappa shape index (κ1) is 19.2. The fourth-order valence-corrected chi connectivity index (χ4v) is 3.62. The van der Waals surface area contributed by atoms with E-state index in [9.17, 15) is 4.79 Å². The number of benzene rings is 2. The Morgan fingerprint density at radius 2 is 1.96 bits per heavy atom. The molecule has 2 aromatic rings. The predicted molar refractivity (Wildman–Crippen MR) is 110 cm³/mol. The van der Waals surface area contributed by atoms with Gasteiger partial charge in [0.05, 0.1) is 7.11 Å². The van der Waals surface area contributed by atoms with Gasteiger partial charge in [0.1, 0.15) is 5.75 Å². The molecule has 5 nitrogen and oxygen atoms in total. The van der Waals surface area contributed by atoms with Crippen molar-refractivity contribution in [3.8, 4) is 16.9 Å². The molecule has 1 atom stereocenters. The minimum atomic E-state index is -0.0326. The van der Waals surface area contributed by atoms with Crippen LogP contribution in [0, 0.1) is 5.92 Å². The zero-order valence-electron chi connectivity index (χ0n) is 16.4. The zero-order valence-corrected chi connectivity index (χ0v) is 16.4. The van der Waals surface area contributed by atoms with E-state index in [4.69, 9.17) is 4.74 Å². The van der Waals surface area contributed by atoms with E-state index >= 15 is 0 Å². The number of carbonyl (C=O) groups is 1. The molecule has 0 aromatic heterocycles. The Labute approximate surface area is 161 Å². The van der Waals surface area contributed by atoms with Crippen molar-refractivity contribution in [1.29, 1.82) is 0 Å². The molecule has 0 spiro atoms. The van der Waals surface area contributed by atoms with Gasteiger partial charge in [0.25, 0.3) is 0 Å². The number of likely N-dealkylation sites (tertiary alicyclic amines) is 1. The van der Waals surface area contributed by atoms with Crippen LogP contribution in [0.5, 0.6) is 5.75 Å². The number of nitrogens with one attached hydrogen (secondary N) is 1. The number of methoxy groups -OCH3 is 1. The van der Waals surface area contributed by atoms with E-state index in [1.54, 1.807) is 7.11 Å². The van der Waals surface area contributed by atoms with Crippen molar-refractivity contribution in [3.63, 3.8) is 0 Å². The monoisotopic (exact) mass is 367 g/mol. The van der Waals surface area contributed by atoms with E-state index in [-0.39, 0.29) is 6.03 Å². The SMILES string of the molecule is CCN(C[C@H]1CCN(C)C1)C(=O)Nc1cccc(-c2cccc(OC)c2)c1. The first-order valence-electron chi connectivity index (χ1n) is 9.58. The van der Waals surface area contributed by atoms with Crippen LogP contribution < -0.4 is 10.1 Å². The third-order valence-electron chi connectivity index (χ3n) is 5.15. The van der Waals surface area contributed by atoms with Crippen LogP contribution in [-0.4, -0.2) is 56.2 Å². The summed E-state index contributed by atoms with van der Waals surface area (Å²) in [7, 11) is 3.80. The maximum absolute atomic E-state index is 12.7. The molecule has 1 fully saturated rings. The second-order valence-corrected chi connectivity index (χ2v) is 7.20. The van der Waals surface area contributed by atoms with Gasteiger partial charge in [-0.15, -0.1) is 0 Å². The lowest BCUT2D eigenvalue weighted by Gasteiger charge is -2.24. The Hall–Kier alpha value is -2.53. The molecule has 1 heterocycles. The molecule has 5 heteroatoms. The van der Waals surface area contributed by atoms with Gasteiger partial charge in [0, 0.05) is 25.3 Å². The molecule has 0 radical (unpaired) electrons. The molecule has 3 rings (SSSR count). The van der Waals surface area contributed by atoms with Crippen molar-refractivity contribution in [3.05, 3.63) is 48.5 Å². The standard InChI is InChI=1S/C22H29N3O2/c1-4-25(16-17-11-12-24(2)15-17)22(26)23-20-9-5-7-18(13-20)19-8-6-10-21(14-19)27-3/h5-10,13-14,17H,4,11-12,15-16H2,1-3H3,(H,23,26)/t17-/m0/s1. The minimum Gasteiger partial charge on any atom is -0.497 e. The van der Waals surface area contributed by atoms with E-state index in [0.29, 0.717) is 12.5 Å². The highest BCUT2D eigenvalue weighted by atomic mass is 16.5. The van der Waals surface area contributed by atoms with Gasteiger partial charge in [-0.1, -0.05) is 24.3 Å². The fraction of sp³-hybridized carbons (Fsp3) is 0.409. The summed E-state index contributed by atoms with van der Waals surface area (Å²) in [5.41, 5.74) is 2.92. The molecule has 0 bridgehead atoms. The smallest absolute Gasteiger partial charge is 0.321 e. The van der Waals surface area contributed by atoms with E-state index in [1.165, 1.54) is 0 Å². The van der Waals surface area contributed by atoms with E-state index in [1.807, 2.05) is 60.4 Å². The van der Waals surface area contributed by atoms with Gasteiger partial charge in [-0.3, -0.25) is 0 Å². The highest BCUT2D eigenvalue weighted by Gasteiger charge is 2.23. The van der Waals surface area contributed by atoms with Crippen molar-refractivity contribution in [1.82, 2.24) is 9.80 Å². The maximum atomic E-state index is 12.7. The summed E-state index contributed by atoms with van der Waals surface area (Å²) in [6.07, 6.45) is 1.16. The Balaban J connectivity index is 1.68. The number of carbonyl (C=O) groups excluding carboxylic acids is 1. The lowest BCUT2D eigenvalue weighted by molar-refractivity contribution is 0.204. The van der Waals surface area contributed by atoms with Gasteiger partial charge in [-0.2, -0.15) is 0 Å². The summed E-state index contributed by atoms with van der Waals surface area (Å²) in [5, 5.41) is 3.06. The summed E-state index contributed by atoms with van der Waals surface area (Å²) in [4.78, 5) is 17.0. The molecule has 0 aliphatic carbocycles. The van der Waals surface area contributed by atoms with Crippen molar-refractivity contribution < 1.29 is 9.53 Å². The second kappa shape index (κ2) is 8.91. The van der Waals surface area contributed by atoms with Gasteiger partial charge in [-0.05, 0) is 68.2 Å². The summed E-state index contributed by atoms with van der Waals surface area (Å²) in [6.45, 7) is 5.73. The van der Waals surface area contributed by atoms with E-state index < -0.39 is 0 Å². The number of hydrogen-bond acceptors (Lipinski definition) is 3. The number of anilines is 1. The third-order valence-corrected chi connectivity index (χ3v) is 5.15. The number of amides is 2. The molecule has 0 unspecified atom stereocenters. The van der Waals surface area contributed by atoms with Gasteiger partial charge >= 0.3 is 6.03 Å². The molecule has 2 aromatic carbocycles. The first-order valence-corrected chi connectivity index (χ1v) is 9.58. The van der Waals surface area contributed by atoms with Gasteiger partial charge in [0.15, 0.2) is 0 Å². The fourth-order valence-electron chi connectivity index (χ4n) is 3.62. The second-order valence-electron chi connectivity index (χ2n) is 7.20. The summed E-state index contributed by atoms with van der Waals surface area (Å²) in [5.74, 6) is 1.38. The zero-order chi connectivity index (χ0) is 19.2. The molecule has 144 valence electrons. The average Bonchev–Trinajstić information content (AvgIpc) is 3.11. The van der Waals surface area contributed by atoms with Crippen molar-refractivity contribution in [2.75, 3.05) is 45.7 Å². The number of nitrogens with zero attached hydrogens (tertiary/aromatic N) is 2. The lowest BCUT2D eigenvalue weighted by atomic mass is 10.0. The number of hydrogen-bond donors (Lipinski definition) is 1. The third kappa shape index (κ3) is 5.01. The summed E-state index contributed by atoms with van der Waals surface area (Å²) < 4.78 is 5.31. The molecule has 0 saturated carbocycles. The van der Waals surface area contributed by atoms with Gasteiger partial charge in [-0.25, -0.2) is 4.79 Å². The highest BCUT2D eigenvalue weighted by Crippen LogP contribution is 2.26. The highest BCUT2D eigenvalue weighted by molar-refractivity contribution is 5.90. The van der Waals surface area contributed by atoms with Crippen molar-refractivity contribution in [2.45, 2.75) is 13.3 Å². The molecular formula is C22H29N3O2. The van der Waals surface area contributed by atoms with Crippen LogP contribution in [0.1, 0.15) is 13.3 Å². The summed E-state index contributed by atoms with van der Waals surface area (Å²) >= 11 is 0. The van der Waals surface area contributed by atoms with Gasteiger partial charge < -0.3 is 19.9 Å². The maximum Gasteiger partial charge on any atom is 0.321 e. The topological polar surface area (TPSA) is 44.8 Å². The number of rotatable bonds is 6. The molecule has 1 aliphatic heterocycles. The van der Waals surface area contributed by atoms with Gasteiger partial charge in [0.2, 0.25) is 0 Å². The Morgan fingerprint density at radius 3 is 2.63 bits per heavy atom. The molecule has 2 amide bonds. The van der Waals surface area contributed by atoms with Crippen molar-refractivity contribution in [2.24, 2.45) is 5.92 Å². The van der Waals surface area contributed by atoms with E-state index in [0.717, 1.165) is 48.6 Å². The molecule has 1 aliphatic rings. The number of ether oxygens (including phenoxy) is 1. The Morgan fingerprint density at radius 1 is 1.22 bits per heavy atom. The van der Waals surface area contributed by atoms with Crippen LogP contribution in [-0.2, 0) is 0 Å². The van der Waals surface area contributed by atoms with Crippen LogP contribution in [0.4, 0.5) is 10.5 Å². The lowest BCUT2D eigenvalue weighted by Crippen LogP contribution is -2.38. The van der Waals surface area contributed by atoms with Crippen LogP contribution in [0.2, 0.25) is 0 Å². The molecule has 27 heavy (non-hydrogen) atoms. The van der Waals surface area contributed by atoms with Crippen LogP contribution in [0.25, 0.3) is 11.1 Å². The quantitative estimate of drug-likeness (QED) is 0.833. The normalized spacial score (nSPS) is 16.9. The largest absolute Gasteiger partial charge is 0.497 e.